The molecular weight excluding hydrogens is 340 g/mol. The third kappa shape index (κ3) is 4.25. The van der Waals surface area contributed by atoms with E-state index in [0.717, 1.165) is 6.07 Å². The minimum absolute atomic E-state index is 0.00426. The largest absolute Gasteiger partial charge is 0.433 e. The lowest BCUT2D eigenvalue weighted by Gasteiger charge is -2.14. The Labute approximate surface area is 132 Å². The van der Waals surface area contributed by atoms with Gasteiger partial charge in [0.2, 0.25) is 0 Å². The average Bonchev–Trinajstić information content (AvgIpc) is 2.48. The van der Waals surface area contributed by atoms with Gasteiger partial charge in [0.05, 0.1) is 5.56 Å². The molecule has 0 unspecified atom stereocenters. The quantitative estimate of drug-likeness (QED) is 0.649. The number of aromatic nitrogens is 2. The van der Waals surface area contributed by atoms with Crippen LogP contribution in [0.2, 0.25) is 0 Å². The molecule has 2 aromatic heterocycles. The maximum Gasteiger partial charge on any atom is 0.433 e. The van der Waals surface area contributed by atoms with Gasteiger partial charge in [-0.1, -0.05) is 0 Å². The summed E-state index contributed by atoms with van der Waals surface area (Å²) >= 11 is 0. The summed E-state index contributed by atoms with van der Waals surface area (Å²) in [6.07, 6.45) is -9.35. The number of hydrogen-bond donors (Lipinski definition) is 1. The van der Waals surface area contributed by atoms with Crippen LogP contribution in [0.3, 0.4) is 0 Å². The standard InChI is InChI=1S/C14H13F6N3O/c1-24-6-2-5-21-11-4-3-8-9(13(15,16)17)7-10(14(18,19)20)22-12(8)23-11/h3-4,7H,2,5-6H2,1H3,(H,21,22,23). The van der Waals surface area contributed by atoms with Crippen molar-refractivity contribution in [1.29, 1.82) is 0 Å². The van der Waals surface area contributed by atoms with Crippen LogP contribution >= 0.6 is 0 Å². The number of rotatable bonds is 5. The molecule has 0 saturated heterocycles. The Morgan fingerprint density at radius 1 is 1.04 bits per heavy atom. The van der Waals surface area contributed by atoms with E-state index in [4.69, 9.17) is 4.74 Å². The zero-order valence-electron chi connectivity index (χ0n) is 12.4. The van der Waals surface area contributed by atoms with Gasteiger partial charge in [0, 0.05) is 25.6 Å². The fraction of sp³-hybridized carbons (Fsp3) is 0.429. The van der Waals surface area contributed by atoms with E-state index < -0.39 is 34.6 Å². The van der Waals surface area contributed by atoms with Gasteiger partial charge in [-0.3, -0.25) is 0 Å². The Morgan fingerprint density at radius 3 is 2.33 bits per heavy atom. The zero-order valence-corrected chi connectivity index (χ0v) is 12.4. The van der Waals surface area contributed by atoms with Crippen LogP contribution in [0.4, 0.5) is 32.2 Å². The average molecular weight is 353 g/mol. The van der Waals surface area contributed by atoms with Crippen LogP contribution in [0.1, 0.15) is 17.7 Å². The Balaban J connectivity index is 2.46. The third-order valence-electron chi connectivity index (χ3n) is 3.10. The second kappa shape index (κ2) is 6.80. The van der Waals surface area contributed by atoms with Gasteiger partial charge in [-0.05, 0) is 24.6 Å². The summed E-state index contributed by atoms with van der Waals surface area (Å²) < 4.78 is 82.3. The van der Waals surface area contributed by atoms with Gasteiger partial charge < -0.3 is 10.1 Å². The first-order valence-electron chi connectivity index (χ1n) is 6.82. The van der Waals surface area contributed by atoms with Gasteiger partial charge in [0.1, 0.15) is 11.5 Å². The van der Waals surface area contributed by atoms with Crippen LogP contribution in [0.25, 0.3) is 11.0 Å². The molecule has 0 aliphatic rings. The number of pyridine rings is 2. The van der Waals surface area contributed by atoms with Crippen molar-refractivity contribution in [2.45, 2.75) is 18.8 Å². The number of anilines is 1. The van der Waals surface area contributed by atoms with Crippen LogP contribution in [0.15, 0.2) is 18.2 Å². The second-order valence-corrected chi connectivity index (χ2v) is 4.89. The van der Waals surface area contributed by atoms with Crippen molar-refractivity contribution in [2.24, 2.45) is 0 Å². The lowest BCUT2D eigenvalue weighted by Crippen LogP contribution is -2.14. The Hall–Kier alpha value is -2.10. The molecule has 0 spiro atoms. The summed E-state index contributed by atoms with van der Waals surface area (Å²) in [6, 6.07) is 2.31. The van der Waals surface area contributed by atoms with Crippen molar-refractivity contribution < 1.29 is 31.1 Å². The number of halogens is 6. The Morgan fingerprint density at radius 2 is 1.75 bits per heavy atom. The molecular formula is C14H13F6N3O. The molecule has 0 fully saturated rings. The number of hydrogen-bond acceptors (Lipinski definition) is 4. The summed E-state index contributed by atoms with van der Waals surface area (Å²) in [7, 11) is 1.51. The highest BCUT2D eigenvalue weighted by Gasteiger charge is 2.39. The molecule has 2 aromatic rings. The van der Waals surface area contributed by atoms with Crippen LogP contribution in [0, 0.1) is 0 Å². The molecule has 0 amide bonds. The molecule has 0 aliphatic carbocycles. The molecule has 0 atom stereocenters. The van der Waals surface area contributed by atoms with E-state index in [1.54, 1.807) is 0 Å². The van der Waals surface area contributed by atoms with Gasteiger partial charge in [-0.25, -0.2) is 9.97 Å². The van der Waals surface area contributed by atoms with Crippen molar-refractivity contribution in [2.75, 3.05) is 25.6 Å². The summed E-state index contributed by atoms with van der Waals surface area (Å²) in [5.41, 5.74) is -3.67. The fourth-order valence-corrected chi connectivity index (χ4v) is 2.02. The van der Waals surface area contributed by atoms with Gasteiger partial charge in [0.15, 0.2) is 5.65 Å². The third-order valence-corrected chi connectivity index (χ3v) is 3.10. The van der Waals surface area contributed by atoms with Crippen LogP contribution in [0.5, 0.6) is 0 Å². The Bertz CT molecular complexity index is 714. The first kappa shape index (κ1) is 18.2. The second-order valence-electron chi connectivity index (χ2n) is 4.89. The zero-order chi connectivity index (χ0) is 18.0. The number of nitrogens with one attached hydrogen (secondary N) is 1. The van der Waals surface area contributed by atoms with Crippen LogP contribution in [-0.2, 0) is 17.1 Å². The minimum atomic E-state index is -5.00. The van der Waals surface area contributed by atoms with Crippen molar-refractivity contribution in [1.82, 2.24) is 9.97 Å². The predicted molar refractivity (Wildman–Crippen MR) is 74.5 cm³/mol. The van der Waals surface area contributed by atoms with Crippen molar-refractivity contribution in [3.05, 3.63) is 29.5 Å². The molecule has 10 heteroatoms. The van der Waals surface area contributed by atoms with Gasteiger partial charge in [-0.15, -0.1) is 0 Å². The Kier molecular flexibility index (Phi) is 5.16. The van der Waals surface area contributed by atoms with Crippen molar-refractivity contribution in [3.63, 3.8) is 0 Å². The van der Waals surface area contributed by atoms with E-state index in [1.807, 2.05) is 0 Å². The summed E-state index contributed by atoms with van der Waals surface area (Å²) in [4.78, 5) is 6.98. The van der Waals surface area contributed by atoms with E-state index >= 15 is 0 Å². The van der Waals surface area contributed by atoms with E-state index in [0.29, 0.717) is 19.6 Å². The lowest BCUT2D eigenvalue weighted by atomic mass is 10.1. The van der Waals surface area contributed by atoms with E-state index in [9.17, 15) is 26.3 Å². The summed E-state index contributed by atoms with van der Waals surface area (Å²) in [6.45, 7) is 0.854. The number of nitrogens with zero attached hydrogens (tertiary/aromatic N) is 2. The molecule has 132 valence electrons. The molecule has 0 bridgehead atoms. The maximum atomic E-state index is 13.0. The summed E-state index contributed by atoms with van der Waals surface area (Å²) in [5.74, 6) is 0.138. The predicted octanol–water partition coefficient (Wildman–Crippen LogP) is 4.12. The summed E-state index contributed by atoms with van der Waals surface area (Å²) in [5, 5.41) is 2.31. The van der Waals surface area contributed by atoms with Gasteiger partial charge in [-0.2, -0.15) is 26.3 Å². The van der Waals surface area contributed by atoms with Crippen LogP contribution in [-0.4, -0.2) is 30.2 Å². The number of methoxy groups -OCH3 is 1. The van der Waals surface area contributed by atoms with E-state index in [2.05, 4.69) is 15.3 Å². The molecule has 0 saturated carbocycles. The first-order valence-corrected chi connectivity index (χ1v) is 6.82. The highest BCUT2D eigenvalue weighted by Crippen LogP contribution is 2.38. The van der Waals surface area contributed by atoms with E-state index in [-0.39, 0.29) is 11.9 Å². The molecule has 0 aromatic carbocycles. The molecule has 4 nitrogen and oxygen atoms in total. The topological polar surface area (TPSA) is 47.0 Å². The number of fused-ring (bicyclic) bond motifs is 1. The van der Waals surface area contributed by atoms with Gasteiger partial charge in [0.25, 0.3) is 0 Å². The molecule has 0 aliphatic heterocycles. The van der Waals surface area contributed by atoms with Gasteiger partial charge >= 0.3 is 12.4 Å². The normalized spacial score (nSPS) is 12.6. The fourth-order valence-electron chi connectivity index (χ4n) is 2.02. The minimum Gasteiger partial charge on any atom is -0.385 e. The molecule has 1 N–H and O–H groups in total. The lowest BCUT2D eigenvalue weighted by molar-refractivity contribution is -0.144. The van der Waals surface area contributed by atoms with Crippen molar-refractivity contribution >= 4 is 16.9 Å². The first-order chi connectivity index (χ1) is 11.1. The number of ether oxygens (including phenoxy) is 1. The molecule has 0 radical (unpaired) electrons. The van der Waals surface area contributed by atoms with Crippen LogP contribution < -0.4 is 5.32 Å². The molecule has 2 heterocycles. The SMILES string of the molecule is COCCCNc1ccc2c(C(F)(F)F)cc(C(F)(F)F)nc2n1. The van der Waals surface area contributed by atoms with E-state index in [1.165, 1.54) is 13.2 Å². The maximum absolute atomic E-state index is 13.0. The van der Waals surface area contributed by atoms with Crippen molar-refractivity contribution in [3.8, 4) is 0 Å². The number of alkyl halides is 6. The molecule has 24 heavy (non-hydrogen) atoms. The highest BCUT2D eigenvalue weighted by molar-refractivity contribution is 5.81. The monoisotopic (exact) mass is 353 g/mol. The molecule has 2 rings (SSSR count). The smallest absolute Gasteiger partial charge is 0.385 e. The highest BCUT2D eigenvalue weighted by atomic mass is 19.4.